The molecule has 0 bridgehead atoms. The van der Waals surface area contributed by atoms with E-state index in [1.54, 1.807) is 0 Å². The van der Waals surface area contributed by atoms with Crippen LogP contribution in [0.25, 0.3) is 0 Å². The fraction of sp³-hybridized carbons (Fsp3) is 0.500. The standard InChI is InChI=1S/C12H19OSi/c1-12(2,3)10-8-6-7-9-11(10)13-14(4)5/h6-8,14H,1-5H3. The van der Waals surface area contributed by atoms with Crippen LogP contribution >= 0.6 is 0 Å². The molecule has 0 saturated carbocycles. The van der Waals surface area contributed by atoms with Crippen LogP contribution in [-0.2, 0) is 5.41 Å². The Hall–Kier alpha value is -0.763. The van der Waals surface area contributed by atoms with Crippen LogP contribution in [0.2, 0.25) is 13.1 Å². The Bertz CT molecular complexity index is 299. The summed E-state index contributed by atoms with van der Waals surface area (Å²) in [6.07, 6.45) is 0. The molecular formula is C12H19OSi. The zero-order valence-electron chi connectivity index (χ0n) is 9.72. The number of hydrogen-bond acceptors (Lipinski definition) is 1. The van der Waals surface area contributed by atoms with Crippen molar-refractivity contribution in [2.75, 3.05) is 0 Å². The fourth-order valence-electron chi connectivity index (χ4n) is 1.35. The molecule has 0 unspecified atom stereocenters. The second kappa shape index (κ2) is 4.18. The van der Waals surface area contributed by atoms with Gasteiger partial charge in [-0.05, 0) is 24.1 Å². The molecule has 0 aliphatic rings. The Balaban J connectivity index is 3.04. The molecule has 1 rings (SSSR count). The average molecular weight is 207 g/mol. The molecule has 2 heteroatoms. The molecule has 14 heavy (non-hydrogen) atoms. The Morgan fingerprint density at radius 3 is 2.43 bits per heavy atom. The van der Waals surface area contributed by atoms with Crippen molar-refractivity contribution in [3.05, 3.63) is 29.8 Å². The lowest BCUT2D eigenvalue weighted by Crippen LogP contribution is -2.18. The summed E-state index contributed by atoms with van der Waals surface area (Å²) >= 11 is 0. The molecule has 1 aromatic rings. The van der Waals surface area contributed by atoms with Crippen molar-refractivity contribution in [3.63, 3.8) is 0 Å². The maximum absolute atomic E-state index is 5.86. The van der Waals surface area contributed by atoms with Crippen LogP contribution in [0.15, 0.2) is 18.2 Å². The number of para-hydroxylation sites is 1. The highest BCUT2D eigenvalue weighted by Gasteiger charge is 2.18. The summed E-state index contributed by atoms with van der Waals surface area (Å²) in [4.78, 5) is 0. The van der Waals surface area contributed by atoms with E-state index in [1.165, 1.54) is 5.56 Å². The quantitative estimate of drug-likeness (QED) is 0.677. The van der Waals surface area contributed by atoms with Crippen LogP contribution in [0.1, 0.15) is 26.3 Å². The lowest BCUT2D eigenvalue weighted by atomic mass is 9.86. The monoisotopic (exact) mass is 207 g/mol. The minimum Gasteiger partial charge on any atom is -0.546 e. The molecule has 0 spiro atoms. The third-order valence-electron chi connectivity index (χ3n) is 1.98. The second-order valence-corrected chi connectivity index (χ2v) is 7.16. The summed E-state index contributed by atoms with van der Waals surface area (Å²) < 4.78 is 5.86. The molecule has 0 atom stereocenters. The maximum Gasteiger partial charge on any atom is 0.229 e. The minimum absolute atomic E-state index is 0.135. The molecule has 0 N–H and O–H groups in total. The molecular weight excluding hydrogens is 188 g/mol. The van der Waals surface area contributed by atoms with Crippen LogP contribution in [0.5, 0.6) is 5.75 Å². The Morgan fingerprint density at radius 1 is 1.29 bits per heavy atom. The molecule has 0 amide bonds. The highest BCUT2D eigenvalue weighted by molar-refractivity contribution is 6.49. The van der Waals surface area contributed by atoms with Gasteiger partial charge in [0.25, 0.3) is 0 Å². The first-order valence-electron chi connectivity index (χ1n) is 5.09. The van der Waals surface area contributed by atoms with E-state index < -0.39 is 9.04 Å². The van der Waals surface area contributed by atoms with E-state index in [4.69, 9.17) is 4.43 Å². The molecule has 0 aliphatic carbocycles. The fourth-order valence-corrected chi connectivity index (χ4v) is 2.01. The van der Waals surface area contributed by atoms with Crippen LogP contribution in [0.3, 0.4) is 0 Å². The SMILES string of the molecule is C[SiH](C)Oc1[c]cccc1C(C)(C)C. The van der Waals surface area contributed by atoms with Gasteiger partial charge >= 0.3 is 0 Å². The molecule has 1 radical (unpaired) electrons. The first-order chi connectivity index (χ1) is 6.41. The van der Waals surface area contributed by atoms with Gasteiger partial charge in [-0.1, -0.05) is 39.0 Å². The highest BCUT2D eigenvalue weighted by atomic mass is 28.3. The van der Waals surface area contributed by atoms with E-state index in [0.29, 0.717) is 0 Å². The van der Waals surface area contributed by atoms with E-state index in [2.05, 4.69) is 46.0 Å². The van der Waals surface area contributed by atoms with Crippen molar-refractivity contribution in [2.45, 2.75) is 39.3 Å². The zero-order chi connectivity index (χ0) is 10.8. The Labute approximate surface area is 88.8 Å². The van der Waals surface area contributed by atoms with Gasteiger partial charge in [-0.2, -0.15) is 0 Å². The van der Waals surface area contributed by atoms with Crippen molar-refractivity contribution < 1.29 is 4.43 Å². The third-order valence-corrected chi connectivity index (χ3v) is 2.69. The van der Waals surface area contributed by atoms with Gasteiger partial charge in [-0.3, -0.25) is 0 Å². The van der Waals surface area contributed by atoms with Crippen molar-refractivity contribution >= 4 is 9.04 Å². The molecule has 1 nitrogen and oxygen atoms in total. The van der Waals surface area contributed by atoms with Crippen molar-refractivity contribution in [1.82, 2.24) is 0 Å². The van der Waals surface area contributed by atoms with Crippen LogP contribution in [-0.4, -0.2) is 9.04 Å². The first kappa shape index (κ1) is 11.3. The van der Waals surface area contributed by atoms with E-state index in [-0.39, 0.29) is 5.41 Å². The number of hydrogen-bond donors (Lipinski definition) is 0. The molecule has 0 aliphatic heterocycles. The van der Waals surface area contributed by atoms with Gasteiger partial charge in [0.15, 0.2) is 0 Å². The summed E-state index contributed by atoms with van der Waals surface area (Å²) in [5.74, 6) is 0.946. The minimum atomic E-state index is -1.03. The Kier molecular flexibility index (Phi) is 3.37. The number of benzene rings is 1. The summed E-state index contributed by atoms with van der Waals surface area (Å²) in [5.41, 5.74) is 1.39. The van der Waals surface area contributed by atoms with Crippen molar-refractivity contribution in [3.8, 4) is 5.75 Å². The zero-order valence-corrected chi connectivity index (χ0v) is 10.9. The first-order valence-corrected chi connectivity index (χ1v) is 7.87. The lowest BCUT2D eigenvalue weighted by Gasteiger charge is -2.23. The number of rotatable bonds is 2. The van der Waals surface area contributed by atoms with E-state index in [0.717, 1.165) is 5.75 Å². The van der Waals surface area contributed by atoms with Gasteiger partial charge in [0.1, 0.15) is 5.75 Å². The maximum atomic E-state index is 5.86. The molecule has 0 fully saturated rings. The van der Waals surface area contributed by atoms with Crippen LogP contribution in [0.4, 0.5) is 0 Å². The summed E-state index contributed by atoms with van der Waals surface area (Å²) in [6, 6.07) is 9.26. The predicted octanol–water partition coefficient (Wildman–Crippen LogP) is 3.15. The average Bonchev–Trinajstić information content (AvgIpc) is 2.01. The third kappa shape index (κ3) is 2.88. The summed E-state index contributed by atoms with van der Waals surface area (Å²) in [7, 11) is -1.03. The van der Waals surface area contributed by atoms with Crippen LogP contribution < -0.4 is 4.43 Å². The molecule has 0 aromatic heterocycles. The van der Waals surface area contributed by atoms with Gasteiger partial charge in [0.05, 0.1) is 0 Å². The molecule has 0 saturated heterocycles. The van der Waals surface area contributed by atoms with Gasteiger partial charge in [0, 0.05) is 6.07 Å². The van der Waals surface area contributed by atoms with E-state index in [9.17, 15) is 0 Å². The Morgan fingerprint density at radius 2 is 1.93 bits per heavy atom. The normalized spacial score (nSPS) is 11.9. The highest BCUT2D eigenvalue weighted by Crippen LogP contribution is 2.30. The smallest absolute Gasteiger partial charge is 0.229 e. The van der Waals surface area contributed by atoms with E-state index >= 15 is 0 Å². The van der Waals surface area contributed by atoms with Gasteiger partial charge in [-0.15, -0.1) is 0 Å². The van der Waals surface area contributed by atoms with E-state index in [1.807, 2.05) is 12.1 Å². The van der Waals surface area contributed by atoms with Gasteiger partial charge in [0.2, 0.25) is 9.04 Å². The van der Waals surface area contributed by atoms with Crippen LogP contribution in [0, 0.1) is 6.07 Å². The molecule has 1 aromatic carbocycles. The largest absolute Gasteiger partial charge is 0.546 e. The van der Waals surface area contributed by atoms with Gasteiger partial charge < -0.3 is 4.43 Å². The topological polar surface area (TPSA) is 9.23 Å². The second-order valence-electron chi connectivity index (χ2n) is 4.83. The lowest BCUT2D eigenvalue weighted by molar-refractivity contribution is 0.519. The summed E-state index contributed by atoms with van der Waals surface area (Å²) in [5, 5.41) is 0. The molecule has 77 valence electrons. The molecule has 0 heterocycles. The summed E-state index contributed by atoms with van der Waals surface area (Å²) in [6.45, 7) is 10.9. The van der Waals surface area contributed by atoms with Crippen molar-refractivity contribution in [2.24, 2.45) is 0 Å². The predicted molar refractivity (Wildman–Crippen MR) is 63.5 cm³/mol. The van der Waals surface area contributed by atoms with Crippen molar-refractivity contribution in [1.29, 1.82) is 0 Å². The van der Waals surface area contributed by atoms with Gasteiger partial charge in [-0.25, -0.2) is 0 Å².